The Balaban J connectivity index is 1.50. The monoisotopic (exact) mass is 377 g/mol. The number of carbonyl (C=O) groups excluding carboxylic acids is 1. The molecule has 0 radical (unpaired) electrons. The van der Waals surface area contributed by atoms with Gasteiger partial charge in [-0.15, -0.1) is 0 Å². The van der Waals surface area contributed by atoms with Crippen molar-refractivity contribution in [3.63, 3.8) is 0 Å². The van der Waals surface area contributed by atoms with Crippen LogP contribution in [0.1, 0.15) is 50.0 Å². The molecule has 1 heterocycles. The zero-order chi connectivity index (χ0) is 19.8. The Labute approximate surface area is 168 Å². The molecule has 0 saturated heterocycles. The second-order valence-corrected chi connectivity index (χ2v) is 7.78. The molecule has 148 valence electrons. The van der Waals surface area contributed by atoms with Crippen LogP contribution in [0.5, 0.6) is 0 Å². The van der Waals surface area contributed by atoms with Crippen LogP contribution in [0, 0.1) is 5.92 Å². The van der Waals surface area contributed by atoms with Crippen molar-refractivity contribution in [1.29, 1.82) is 0 Å². The van der Waals surface area contributed by atoms with Gasteiger partial charge in [-0.1, -0.05) is 56.3 Å². The number of nitrogens with one attached hydrogen (secondary N) is 1. The summed E-state index contributed by atoms with van der Waals surface area (Å²) in [5.41, 5.74) is 3.68. The van der Waals surface area contributed by atoms with Gasteiger partial charge in [-0.2, -0.15) is 0 Å². The van der Waals surface area contributed by atoms with E-state index >= 15 is 0 Å². The van der Waals surface area contributed by atoms with Crippen molar-refractivity contribution >= 4 is 16.9 Å². The topological polar surface area (TPSA) is 42.2 Å². The molecule has 0 atom stereocenters. The Morgan fingerprint density at radius 1 is 0.929 bits per heavy atom. The number of amides is 1. The number of rotatable bonds is 10. The van der Waals surface area contributed by atoms with E-state index in [-0.39, 0.29) is 11.8 Å². The summed E-state index contributed by atoms with van der Waals surface area (Å²) >= 11 is 0. The van der Waals surface area contributed by atoms with Gasteiger partial charge in [-0.25, -0.2) is 0 Å². The van der Waals surface area contributed by atoms with Gasteiger partial charge in [0, 0.05) is 24.3 Å². The van der Waals surface area contributed by atoms with E-state index in [1.807, 2.05) is 19.9 Å². The molecule has 1 N–H and O–H groups in total. The molecule has 2 aromatic carbocycles. The summed E-state index contributed by atoms with van der Waals surface area (Å²) in [6, 6.07) is 19.1. The van der Waals surface area contributed by atoms with Crippen LogP contribution in [-0.2, 0) is 24.1 Å². The Morgan fingerprint density at radius 2 is 1.71 bits per heavy atom. The predicted octanol–water partition coefficient (Wildman–Crippen LogP) is 5.70. The molecule has 0 unspecified atom stereocenters. The molecule has 1 aromatic heterocycles. The minimum atomic E-state index is 0.0433. The van der Waals surface area contributed by atoms with E-state index in [1.165, 1.54) is 22.9 Å². The van der Waals surface area contributed by atoms with Gasteiger partial charge in [-0.05, 0) is 55.4 Å². The molecule has 28 heavy (non-hydrogen) atoms. The molecule has 1 amide bonds. The second-order valence-electron chi connectivity index (χ2n) is 7.78. The first kappa shape index (κ1) is 20.2. The summed E-state index contributed by atoms with van der Waals surface area (Å²) in [5, 5.41) is 4.21. The fourth-order valence-electron chi connectivity index (χ4n) is 3.48. The summed E-state index contributed by atoms with van der Waals surface area (Å²) in [6.07, 6.45) is 6.28. The van der Waals surface area contributed by atoms with E-state index in [1.54, 1.807) is 0 Å². The van der Waals surface area contributed by atoms with Crippen LogP contribution < -0.4 is 5.32 Å². The Kier molecular flexibility index (Phi) is 7.30. The first-order valence-corrected chi connectivity index (χ1v) is 10.5. The van der Waals surface area contributed by atoms with E-state index in [4.69, 9.17) is 4.42 Å². The van der Waals surface area contributed by atoms with Crippen molar-refractivity contribution < 1.29 is 9.21 Å². The number of benzene rings is 2. The summed E-state index contributed by atoms with van der Waals surface area (Å²) in [7, 11) is 0. The predicted molar refractivity (Wildman–Crippen MR) is 115 cm³/mol. The minimum Gasteiger partial charge on any atom is -0.461 e. The number of fused-ring (bicyclic) bond motifs is 1. The van der Waals surface area contributed by atoms with Crippen LogP contribution in [0.2, 0.25) is 0 Å². The van der Waals surface area contributed by atoms with Crippen molar-refractivity contribution in [3.8, 4) is 0 Å². The summed E-state index contributed by atoms with van der Waals surface area (Å²) in [4.78, 5) is 11.7. The molecule has 3 aromatic rings. The molecular formula is C25H31NO2. The third kappa shape index (κ3) is 5.72. The van der Waals surface area contributed by atoms with Crippen molar-refractivity contribution in [1.82, 2.24) is 5.32 Å². The third-order valence-corrected chi connectivity index (χ3v) is 5.13. The Bertz CT molecular complexity index is 880. The van der Waals surface area contributed by atoms with Crippen LogP contribution in [0.4, 0.5) is 0 Å². The van der Waals surface area contributed by atoms with Gasteiger partial charge in [0.1, 0.15) is 11.3 Å². The van der Waals surface area contributed by atoms with E-state index in [9.17, 15) is 4.79 Å². The maximum Gasteiger partial charge on any atom is 0.222 e. The van der Waals surface area contributed by atoms with Gasteiger partial charge >= 0.3 is 0 Å². The number of hydrogen-bond donors (Lipinski definition) is 1. The van der Waals surface area contributed by atoms with Crippen LogP contribution in [0.3, 0.4) is 0 Å². The normalized spacial score (nSPS) is 11.2. The van der Waals surface area contributed by atoms with E-state index in [0.29, 0.717) is 0 Å². The molecule has 3 nitrogen and oxygen atoms in total. The molecule has 0 aliphatic heterocycles. The number of hydrogen-bond acceptors (Lipinski definition) is 2. The van der Waals surface area contributed by atoms with Gasteiger partial charge in [0.15, 0.2) is 0 Å². The quantitative estimate of drug-likeness (QED) is 0.460. The van der Waals surface area contributed by atoms with Crippen LogP contribution >= 0.6 is 0 Å². The van der Waals surface area contributed by atoms with Gasteiger partial charge in [-0.3, -0.25) is 4.79 Å². The third-order valence-electron chi connectivity index (χ3n) is 5.13. The Morgan fingerprint density at radius 3 is 2.50 bits per heavy atom. The number of furan rings is 1. The number of aryl methyl sites for hydroxylation is 3. The Hall–Kier alpha value is -2.55. The lowest BCUT2D eigenvalue weighted by atomic mass is 10.0. The summed E-state index contributed by atoms with van der Waals surface area (Å²) in [5.74, 6) is 1.24. The number of unbranched alkanes of at least 4 members (excludes halogenated alkanes) is 1. The highest BCUT2D eigenvalue weighted by molar-refractivity contribution is 5.81. The highest BCUT2D eigenvalue weighted by atomic mass is 16.3. The smallest absolute Gasteiger partial charge is 0.222 e. The van der Waals surface area contributed by atoms with Crippen molar-refractivity contribution in [2.45, 2.75) is 52.4 Å². The maximum absolute atomic E-state index is 11.7. The van der Waals surface area contributed by atoms with Gasteiger partial charge < -0.3 is 9.73 Å². The lowest BCUT2D eigenvalue weighted by molar-refractivity contribution is -0.123. The SMILES string of the molecule is CC(C)C(=O)NCCCc1cccc2oc(CCCCc3ccccc3)cc12. The summed E-state index contributed by atoms with van der Waals surface area (Å²) in [6.45, 7) is 4.56. The van der Waals surface area contributed by atoms with Gasteiger partial charge in [0.25, 0.3) is 0 Å². The lowest BCUT2D eigenvalue weighted by Crippen LogP contribution is -2.28. The molecule has 0 fully saturated rings. The standard InChI is InChI=1S/C25H31NO2/c1-19(2)25(27)26-17-9-14-21-13-8-16-24-23(21)18-22(28-24)15-7-6-12-20-10-4-3-5-11-20/h3-5,8,10-11,13,16,18-19H,6-7,9,12,14-15,17H2,1-2H3,(H,26,27). The fraction of sp³-hybridized carbons (Fsp3) is 0.400. The molecule has 0 bridgehead atoms. The highest BCUT2D eigenvalue weighted by Gasteiger charge is 2.09. The van der Waals surface area contributed by atoms with Crippen molar-refractivity contribution in [2.24, 2.45) is 5.92 Å². The molecule has 0 spiro atoms. The summed E-state index contributed by atoms with van der Waals surface area (Å²) < 4.78 is 6.07. The average Bonchev–Trinajstić information content (AvgIpc) is 3.13. The molecule has 0 saturated carbocycles. The largest absolute Gasteiger partial charge is 0.461 e. The number of carbonyl (C=O) groups is 1. The highest BCUT2D eigenvalue weighted by Crippen LogP contribution is 2.25. The fourth-order valence-corrected chi connectivity index (χ4v) is 3.48. The maximum atomic E-state index is 11.7. The molecular weight excluding hydrogens is 346 g/mol. The van der Waals surface area contributed by atoms with E-state index < -0.39 is 0 Å². The zero-order valence-corrected chi connectivity index (χ0v) is 17.0. The molecule has 3 heteroatoms. The lowest BCUT2D eigenvalue weighted by Gasteiger charge is -2.07. The van der Waals surface area contributed by atoms with Crippen LogP contribution in [0.15, 0.2) is 59.0 Å². The first-order valence-electron chi connectivity index (χ1n) is 10.5. The van der Waals surface area contributed by atoms with Crippen molar-refractivity contribution in [2.75, 3.05) is 6.54 Å². The van der Waals surface area contributed by atoms with Gasteiger partial charge in [0.05, 0.1) is 0 Å². The van der Waals surface area contributed by atoms with Gasteiger partial charge in [0.2, 0.25) is 5.91 Å². The van der Waals surface area contributed by atoms with Crippen LogP contribution in [-0.4, -0.2) is 12.5 Å². The first-order chi connectivity index (χ1) is 13.6. The minimum absolute atomic E-state index is 0.0433. The zero-order valence-electron chi connectivity index (χ0n) is 17.0. The van der Waals surface area contributed by atoms with Crippen molar-refractivity contribution in [3.05, 3.63) is 71.5 Å². The second kappa shape index (κ2) is 10.1. The van der Waals surface area contributed by atoms with Crippen LogP contribution in [0.25, 0.3) is 11.0 Å². The van der Waals surface area contributed by atoms with E-state index in [0.717, 1.165) is 50.0 Å². The molecule has 0 aliphatic carbocycles. The molecule has 3 rings (SSSR count). The molecule has 0 aliphatic rings. The van der Waals surface area contributed by atoms with E-state index in [2.05, 4.69) is 53.8 Å². The average molecular weight is 378 g/mol.